The molecule has 8 aromatic rings. The highest BCUT2D eigenvalue weighted by Crippen LogP contribution is 2.31. The Kier molecular flexibility index (Phi) is 15.0. The quantitative estimate of drug-likeness (QED) is 0.0772. The van der Waals surface area contributed by atoms with Gasteiger partial charge in [0.25, 0.3) is 0 Å². The van der Waals surface area contributed by atoms with E-state index in [0.717, 1.165) is 147 Å². The summed E-state index contributed by atoms with van der Waals surface area (Å²) in [7, 11) is 0. The summed E-state index contributed by atoms with van der Waals surface area (Å²) in [6.07, 6.45) is 7.13. The van der Waals surface area contributed by atoms with Gasteiger partial charge in [-0.1, -0.05) is 36.4 Å². The first-order valence-electron chi connectivity index (χ1n) is 24.3. The Balaban J connectivity index is 0.000000166. The van der Waals surface area contributed by atoms with E-state index in [9.17, 15) is 4.79 Å². The van der Waals surface area contributed by atoms with Crippen LogP contribution in [0.25, 0.3) is 44.3 Å². The summed E-state index contributed by atoms with van der Waals surface area (Å²) in [6, 6.07) is 36.3. The number of nitrogens with one attached hydrogen (secondary N) is 5. The van der Waals surface area contributed by atoms with Gasteiger partial charge in [0.1, 0.15) is 12.4 Å². The first-order valence-corrected chi connectivity index (χ1v) is 24.3. The molecule has 362 valence electrons. The van der Waals surface area contributed by atoms with Crippen LogP contribution in [0.3, 0.4) is 0 Å². The molecule has 3 aliphatic heterocycles. The number of morpholine rings is 1. The van der Waals surface area contributed by atoms with E-state index in [0.29, 0.717) is 24.2 Å². The molecule has 0 atom stereocenters. The number of fused-ring (bicyclic) bond motifs is 2. The number of ether oxygens (including phenoxy) is 2. The van der Waals surface area contributed by atoms with E-state index in [1.165, 1.54) is 18.3 Å². The first kappa shape index (κ1) is 46.9. The van der Waals surface area contributed by atoms with Gasteiger partial charge in [-0.05, 0) is 66.7 Å². The average Bonchev–Trinajstić information content (AvgIpc) is 3.42. The standard InChI is InChI=1S/C29H33N7O2.C25H25N7O/c1-2-22-21-32-29(33-23-4-6-24(7-5-23)36-12-10-30-11-13-36)34-28(22)26(3-1)27-20-25(8-9-31-27)38-19-16-35-14-17-37-18-15-35;1-17(33)29-20-9-10-27-23(15-20)22-4-2-3-18-16-28-25(31-24(18)22)30-19-5-7-21(8-6-19)32-13-11-26-12-14-32/h1-9,20-21,30H,10-19H2,(H,32,33,34);2-10,15-16,26H,11-14H2,1H3,(H,27,29,33)(H,28,30,31). The van der Waals surface area contributed by atoms with Gasteiger partial charge < -0.3 is 45.9 Å². The molecule has 0 bridgehead atoms. The van der Waals surface area contributed by atoms with Gasteiger partial charge in [0.2, 0.25) is 17.8 Å². The molecule has 3 saturated heterocycles. The van der Waals surface area contributed by atoms with Gasteiger partial charge in [-0.2, -0.15) is 0 Å². The SMILES string of the molecule is CC(=O)Nc1ccnc(-c2cccc3cnc(Nc4ccc(N5CCNCC5)cc4)nc23)c1.c1cc(-c2cc(OCCN3CCOCC3)ccn2)c2nc(Nc3ccc(N4CCNCC4)cc3)ncc2c1. The van der Waals surface area contributed by atoms with E-state index >= 15 is 0 Å². The summed E-state index contributed by atoms with van der Waals surface area (Å²) in [5.41, 5.74) is 10.0. The lowest BCUT2D eigenvalue weighted by atomic mass is 10.1. The number of carbonyl (C=O) groups is 1. The van der Waals surface area contributed by atoms with E-state index in [1.54, 1.807) is 24.7 Å². The maximum absolute atomic E-state index is 11.4. The molecule has 7 heterocycles. The zero-order valence-electron chi connectivity index (χ0n) is 39.9. The molecule has 11 rings (SSSR count). The van der Waals surface area contributed by atoms with Crippen LogP contribution in [-0.4, -0.2) is 133 Å². The van der Waals surface area contributed by atoms with Crippen LogP contribution in [0.2, 0.25) is 0 Å². The number of carbonyl (C=O) groups excluding carboxylic acids is 1. The molecule has 0 saturated carbocycles. The highest BCUT2D eigenvalue weighted by atomic mass is 16.5. The zero-order chi connectivity index (χ0) is 48.2. The van der Waals surface area contributed by atoms with E-state index < -0.39 is 0 Å². The number of hydrogen-bond donors (Lipinski definition) is 5. The normalized spacial score (nSPS) is 15.2. The molecular weight excluding hydrogens is 893 g/mol. The molecule has 0 aliphatic carbocycles. The molecule has 3 fully saturated rings. The number of rotatable bonds is 13. The van der Waals surface area contributed by atoms with Gasteiger partial charge in [-0.15, -0.1) is 0 Å². The Bertz CT molecular complexity index is 3050. The van der Waals surface area contributed by atoms with Crippen LogP contribution in [-0.2, 0) is 9.53 Å². The average molecular weight is 951 g/mol. The summed E-state index contributed by atoms with van der Waals surface area (Å²) in [5.74, 6) is 1.75. The monoisotopic (exact) mass is 950 g/mol. The largest absolute Gasteiger partial charge is 0.492 e. The topological polar surface area (TPSA) is 183 Å². The fraction of sp³-hybridized carbons (Fsp3) is 0.278. The summed E-state index contributed by atoms with van der Waals surface area (Å²) < 4.78 is 11.5. The number of piperazine rings is 2. The van der Waals surface area contributed by atoms with Crippen molar-refractivity contribution in [1.82, 2.24) is 45.4 Å². The number of benzene rings is 4. The van der Waals surface area contributed by atoms with Crippen LogP contribution in [0.4, 0.5) is 40.3 Å². The van der Waals surface area contributed by atoms with E-state index in [4.69, 9.17) is 19.4 Å². The fourth-order valence-corrected chi connectivity index (χ4v) is 8.89. The number of anilines is 7. The molecule has 71 heavy (non-hydrogen) atoms. The van der Waals surface area contributed by atoms with Crippen molar-refractivity contribution in [2.24, 2.45) is 0 Å². The minimum Gasteiger partial charge on any atom is -0.492 e. The van der Waals surface area contributed by atoms with Crippen molar-refractivity contribution < 1.29 is 14.3 Å². The molecule has 4 aromatic carbocycles. The molecule has 0 spiro atoms. The van der Waals surface area contributed by atoms with Crippen LogP contribution in [0.5, 0.6) is 5.75 Å². The predicted octanol–water partition coefficient (Wildman–Crippen LogP) is 7.36. The number of amides is 1. The first-order chi connectivity index (χ1) is 35.0. The van der Waals surface area contributed by atoms with Crippen molar-refractivity contribution in [3.8, 4) is 28.3 Å². The lowest BCUT2D eigenvalue weighted by Crippen LogP contribution is -2.43. The molecule has 0 unspecified atom stereocenters. The number of nitrogens with zero attached hydrogens (tertiary/aromatic N) is 9. The fourth-order valence-electron chi connectivity index (χ4n) is 8.89. The van der Waals surface area contributed by atoms with Gasteiger partial charge in [-0.3, -0.25) is 19.7 Å². The van der Waals surface area contributed by atoms with Crippen LogP contribution >= 0.6 is 0 Å². The molecule has 17 heteroatoms. The number of hydrogen-bond acceptors (Lipinski definition) is 16. The Morgan fingerprint density at radius 2 is 1.13 bits per heavy atom. The lowest BCUT2D eigenvalue weighted by Gasteiger charge is -2.29. The third kappa shape index (κ3) is 12.1. The molecule has 17 nitrogen and oxygen atoms in total. The Morgan fingerprint density at radius 1 is 0.606 bits per heavy atom. The van der Waals surface area contributed by atoms with Crippen LogP contribution in [0, 0.1) is 0 Å². The van der Waals surface area contributed by atoms with Crippen molar-refractivity contribution in [2.45, 2.75) is 6.92 Å². The molecule has 1 amide bonds. The highest BCUT2D eigenvalue weighted by Gasteiger charge is 2.16. The summed E-state index contributed by atoms with van der Waals surface area (Å²) in [4.78, 5) is 46.4. The van der Waals surface area contributed by atoms with Crippen molar-refractivity contribution >= 4 is 68.0 Å². The maximum atomic E-state index is 11.4. The second-order valence-electron chi connectivity index (χ2n) is 17.5. The minimum absolute atomic E-state index is 0.123. The van der Waals surface area contributed by atoms with Gasteiger partial charge in [0.15, 0.2) is 0 Å². The molecule has 5 N–H and O–H groups in total. The van der Waals surface area contributed by atoms with Gasteiger partial charge in [0.05, 0.1) is 35.6 Å². The van der Waals surface area contributed by atoms with E-state index in [2.05, 4.69) is 110 Å². The minimum atomic E-state index is -0.123. The smallest absolute Gasteiger partial charge is 0.227 e. The van der Waals surface area contributed by atoms with Crippen LogP contribution in [0.15, 0.2) is 134 Å². The second-order valence-corrected chi connectivity index (χ2v) is 17.5. The third-order valence-electron chi connectivity index (χ3n) is 12.6. The van der Waals surface area contributed by atoms with E-state index in [-0.39, 0.29) is 5.91 Å². The summed E-state index contributed by atoms with van der Waals surface area (Å²) >= 11 is 0. The van der Waals surface area contributed by atoms with Gasteiger partial charge >= 0.3 is 0 Å². The Morgan fingerprint density at radius 3 is 1.66 bits per heavy atom. The third-order valence-corrected chi connectivity index (χ3v) is 12.6. The van der Waals surface area contributed by atoms with Gasteiger partial charge in [-0.25, -0.2) is 19.9 Å². The zero-order valence-corrected chi connectivity index (χ0v) is 39.9. The van der Waals surface area contributed by atoms with Crippen molar-refractivity contribution in [3.63, 3.8) is 0 Å². The Hall–Kier alpha value is -7.83. The number of para-hydroxylation sites is 2. The second kappa shape index (κ2) is 22.7. The number of pyridine rings is 2. The van der Waals surface area contributed by atoms with Crippen LogP contribution < -0.4 is 41.1 Å². The summed E-state index contributed by atoms with van der Waals surface area (Å²) in [6.45, 7) is 14.6. The van der Waals surface area contributed by atoms with Crippen LogP contribution in [0.1, 0.15) is 6.92 Å². The molecule has 0 radical (unpaired) electrons. The number of aromatic nitrogens is 6. The molecule has 3 aliphatic rings. The van der Waals surface area contributed by atoms with Crippen molar-refractivity contribution in [2.75, 3.05) is 118 Å². The van der Waals surface area contributed by atoms with E-state index in [1.807, 2.05) is 60.8 Å². The van der Waals surface area contributed by atoms with Crippen molar-refractivity contribution in [1.29, 1.82) is 0 Å². The van der Waals surface area contributed by atoms with Gasteiger partial charge in [0, 0.05) is 160 Å². The molecular formula is C54H58N14O3. The predicted molar refractivity (Wildman–Crippen MR) is 282 cm³/mol. The van der Waals surface area contributed by atoms with Crippen molar-refractivity contribution in [3.05, 3.63) is 134 Å². The maximum Gasteiger partial charge on any atom is 0.227 e. The highest BCUT2D eigenvalue weighted by molar-refractivity contribution is 5.95. The molecule has 4 aromatic heterocycles. The summed E-state index contributed by atoms with van der Waals surface area (Å²) in [5, 5.41) is 18.1. The lowest BCUT2D eigenvalue weighted by molar-refractivity contribution is -0.114. The Labute approximate surface area is 413 Å².